The number of fused-ring (bicyclic) bond motifs is 2. The van der Waals surface area contributed by atoms with Gasteiger partial charge in [-0.15, -0.1) is 0 Å². The first kappa shape index (κ1) is 24.6. The van der Waals surface area contributed by atoms with E-state index in [1.807, 2.05) is 73.7 Å². The van der Waals surface area contributed by atoms with Crippen LogP contribution < -0.4 is 16.0 Å². The number of hydrogen-bond donors (Lipinski definition) is 5. The Hall–Kier alpha value is -5.11. The lowest BCUT2D eigenvalue weighted by Crippen LogP contribution is -2.42. The number of aliphatic carboxylic acids is 1. The maximum atomic E-state index is 13.5. The molecule has 0 fully saturated rings. The molecule has 0 aliphatic rings. The van der Waals surface area contributed by atoms with Crippen LogP contribution in [0.15, 0.2) is 91.1 Å². The van der Waals surface area contributed by atoms with Gasteiger partial charge in [0.1, 0.15) is 6.04 Å². The Bertz CT molecular complexity index is 1670. The molecule has 0 radical (unpaired) electrons. The zero-order valence-electron chi connectivity index (χ0n) is 20.6. The van der Waals surface area contributed by atoms with Crippen molar-refractivity contribution in [2.24, 2.45) is 0 Å². The van der Waals surface area contributed by atoms with Crippen molar-refractivity contribution in [3.63, 3.8) is 0 Å². The minimum atomic E-state index is -1.18. The monoisotopic (exact) mass is 506 g/mol. The predicted octanol–water partition coefficient (Wildman–Crippen LogP) is 5.70. The quantitative estimate of drug-likeness (QED) is 0.194. The second kappa shape index (κ2) is 10.5. The molecule has 5 aromatic rings. The molecule has 1 heterocycles. The number of carboxylic acids is 1. The van der Waals surface area contributed by atoms with Crippen LogP contribution in [0.4, 0.5) is 16.2 Å². The van der Waals surface area contributed by atoms with Gasteiger partial charge in [-0.3, -0.25) is 4.79 Å². The number of hydrogen-bond acceptors (Lipinski definition) is 3. The van der Waals surface area contributed by atoms with E-state index in [-0.39, 0.29) is 17.7 Å². The smallest absolute Gasteiger partial charge is 0.326 e. The normalized spacial score (nSPS) is 11.7. The number of anilines is 2. The highest BCUT2D eigenvalue weighted by molar-refractivity contribution is 6.10. The molecule has 0 bridgehead atoms. The molecule has 38 heavy (non-hydrogen) atoms. The van der Waals surface area contributed by atoms with Gasteiger partial charge in [-0.2, -0.15) is 0 Å². The first-order valence-corrected chi connectivity index (χ1v) is 12.1. The van der Waals surface area contributed by atoms with Crippen LogP contribution in [0.25, 0.3) is 21.7 Å². The van der Waals surface area contributed by atoms with Crippen molar-refractivity contribution < 1.29 is 19.5 Å². The lowest BCUT2D eigenvalue weighted by molar-refractivity contribution is -0.139. The van der Waals surface area contributed by atoms with Gasteiger partial charge in [0.25, 0.3) is 5.91 Å². The fourth-order valence-electron chi connectivity index (χ4n) is 4.48. The van der Waals surface area contributed by atoms with Gasteiger partial charge in [0.2, 0.25) is 0 Å². The number of carboxylic acid groups (broad SMARTS) is 1. The number of aryl methyl sites for hydroxylation is 1. The first-order valence-electron chi connectivity index (χ1n) is 12.1. The van der Waals surface area contributed by atoms with E-state index in [1.165, 1.54) is 0 Å². The topological polar surface area (TPSA) is 123 Å². The molecule has 0 spiro atoms. The highest BCUT2D eigenvalue weighted by Gasteiger charge is 2.24. The molecular weight excluding hydrogens is 480 g/mol. The third-order valence-corrected chi connectivity index (χ3v) is 6.47. The van der Waals surface area contributed by atoms with Gasteiger partial charge < -0.3 is 26.0 Å². The molecular formula is C30H26N4O4. The number of H-pyrrole nitrogens is 1. The SMILES string of the molecule is Cc1ccccc1NC(=O)Nc1cc2ccccc2cc1C(=O)N[C@@H](Cc1c[nH]c2ccccc12)C(=O)O. The van der Waals surface area contributed by atoms with E-state index in [1.54, 1.807) is 24.4 Å². The van der Waals surface area contributed by atoms with Crippen LogP contribution in [-0.2, 0) is 11.2 Å². The number of amides is 3. The number of urea groups is 1. The van der Waals surface area contributed by atoms with Gasteiger partial charge in [0.15, 0.2) is 0 Å². The van der Waals surface area contributed by atoms with Gasteiger partial charge in [0.05, 0.1) is 11.3 Å². The summed E-state index contributed by atoms with van der Waals surface area (Å²) >= 11 is 0. The minimum Gasteiger partial charge on any atom is -0.480 e. The van der Waals surface area contributed by atoms with Crippen molar-refractivity contribution in [1.82, 2.24) is 10.3 Å². The highest BCUT2D eigenvalue weighted by atomic mass is 16.4. The van der Waals surface area contributed by atoms with Gasteiger partial charge >= 0.3 is 12.0 Å². The van der Waals surface area contributed by atoms with E-state index in [2.05, 4.69) is 20.9 Å². The molecule has 1 aromatic heterocycles. The van der Waals surface area contributed by atoms with E-state index in [4.69, 9.17) is 0 Å². The average Bonchev–Trinajstić information content (AvgIpc) is 3.32. The average molecular weight is 507 g/mol. The molecule has 8 nitrogen and oxygen atoms in total. The Balaban J connectivity index is 1.42. The first-order chi connectivity index (χ1) is 18.4. The summed E-state index contributed by atoms with van der Waals surface area (Å²) in [5, 5.41) is 20.6. The molecule has 5 rings (SSSR count). The third-order valence-electron chi connectivity index (χ3n) is 6.47. The van der Waals surface area contributed by atoms with Crippen molar-refractivity contribution in [3.05, 3.63) is 108 Å². The second-order valence-corrected chi connectivity index (χ2v) is 9.07. The van der Waals surface area contributed by atoms with E-state index >= 15 is 0 Å². The van der Waals surface area contributed by atoms with Crippen LogP contribution in [0.3, 0.4) is 0 Å². The molecule has 3 amide bonds. The predicted molar refractivity (Wildman–Crippen MR) is 149 cm³/mol. The lowest BCUT2D eigenvalue weighted by Gasteiger charge is -2.18. The zero-order chi connectivity index (χ0) is 26.6. The number of benzene rings is 4. The van der Waals surface area contributed by atoms with Crippen LogP contribution >= 0.6 is 0 Å². The van der Waals surface area contributed by atoms with Crippen LogP contribution in [0.2, 0.25) is 0 Å². The highest BCUT2D eigenvalue weighted by Crippen LogP contribution is 2.26. The second-order valence-electron chi connectivity index (χ2n) is 9.07. The van der Waals surface area contributed by atoms with E-state index in [9.17, 15) is 19.5 Å². The summed E-state index contributed by atoms with van der Waals surface area (Å²) in [4.78, 5) is 41.6. The molecule has 0 aliphatic heterocycles. The fourth-order valence-corrected chi connectivity index (χ4v) is 4.48. The number of aromatic nitrogens is 1. The van der Waals surface area contributed by atoms with Gasteiger partial charge in [-0.1, -0.05) is 60.7 Å². The van der Waals surface area contributed by atoms with Crippen molar-refractivity contribution in [2.75, 3.05) is 10.6 Å². The largest absolute Gasteiger partial charge is 0.480 e. The van der Waals surface area contributed by atoms with Crippen molar-refractivity contribution in [2.45, 2.75) is 19.4 Å². The molecule has 1 atom stereocenters. The Labute approximate surface area is 218 Å². The van der Waals surface area contributed by atoms with Crippen molar-refractivity contribution >= 4 is 51.0 Å². The number of aromatic amines is 1. The summed E-state index contributed by atoms with van der Waals surface area (Å²) in [5.41, 5.74) is 3.63. The molecule has 0 saturated heterocycles. The number of carbonyl (C=O) groups excluding carboxylic acids is 2. The van der Waals surface area contributed by atoms with E-state index < -0.39 is 23.9 Å². The summed E-state index contributed by atoms with van der Waals surface area (Å²) in [5.74, 6) is -1.76. The maximum absolute atomic E-state index is 13.5. The molecule has 8 heteroatoms. The summed E-state index contributed by atoms with van der Waals surface area (Å²) in [6.07, 6.45) is 1.85. The molecule has 4 aromatic carbocycles. The standard InChI is InChI=1S/C30H26N4O4/c1-18-8-2-6-12-24(18)33-30(38)34-26-15-20-10-4-3-9-19(20)14-23(26)28(35)32-27(29(36)37)16-21-17-31-25-13-7-5-11-22(21)25/h2-15,17,27,31H,16H2,1H3,(H,32,35)(H,36,37)(H2,33,34,38)/t27-/m0/s1. The zero-order valence-corrected chi connectivity index (χ0v) is 20.6. The van der Waals surface area contributed by atoms with Crippen LogP contribution in [0.1, 0.15) is 21.5 Å². The van der Waals surface area contributed by atoms with E-state index in [0.717, 1.165) is 32.8 Å². The molecule has 0 aliphatic carbocycles. The number of para-hydroxylation sites is 2. The minimum absolute atomic E-state index is 0.0925. The summed E-state index contributed by atoms with van der Waals surface area (Å²) < 4.78 is 0. The maximum Gasteiger partial charge on any atom is 0.326 e. The summed E-state index contributed by atoms with van der Waals surface area (Å²) in [7, 11) is 0. The van der Waals surface area contributed by atoms with Gasteiger partial charge in [-0.25, -0.2) is 9.59 Å². The Kier molecular flexibility index (Phi) is 6.78. The Morgan fingerprint density at radius 1 is 0.842 bits per heavy atom. The van der Waals surface area contributed by atoms with Crippen LogP contribution in [-0.4, -0.2) is 34.0 Å². The third kappa shape index (κ3) is 5.19. The Morgan fingerprint density at radius 3 is 2.26 bits per heavy atom. The van der Waals surface area contributed by atoms with Crippen LogP contribution in [0.5, 0.6) is 0 Å². The molecule has 5 N–H and O–H groups in total. The summed E-state index contributed by atoms with van der Waals surface area (Å²) in [6.45, 7) is 1.88. The van der Waals surface area contributed by atoms with Gasteiger partial charge in [0, 0.05) is 29.2 Å². The number of nitrogens with one attached hydrogen (secondary N) is 4. The van der Waals surface area contributed by atoms with Crippen molar-refractivity contribution in [3.8, 4) is 0 Å². The molecule has 190 valence electrons. The number of rotatable bonds is 7. The van der Waals surface area contributed by atoms with E-state index in [0.29, 0.717) is 5.69 Å². The molecule has 0 unspecified atom stereocenters. The lowest BCUT2D eigenvalue weighted by atomic mass is 10.0. The fraction of sp³-hybridized carbons (Fsp3) is 0.100. The molecule has 0 saturated carbocycles. The van der Waals surface area contributed by atoms with Gasteiger partial charge in [-0.05, 0) is 53.1 Å². The van der Waals surface area contributed by atoms with Crippen molar-refractivity contribution in [1.29, 1.82) is 0 Å². The Morgan fingerprint density at radius 2 is 1.50 bits per heavy atom. The van der Waals surface area contributed by atoms with Crippen LogP contribution in [0, 0.1) is 6.92 Å². The number of carbonyl (C=O) groups is 3. The summed E-state index contributed by atoms with van der Waals surface area (Å²) in [6, 6.07) is 24.0.